The topological polar surface area (TPSA) is 9.23 Å². The van der Waals surface area contributed by atoms with Crippen LogP contribution in [-0.4, -0.2) is 0 Å². The van der Waals surface area contributed by atoms with Crippen molar-refractivity contribution in [2.45, 2.75) is 6.61 Å². The minimum absolute atomic E-state index is 0.539. The normalized spacial score (nSPS) is 10.4. The van der Waals surface area contributed by atoms with Crippen LogP contribution in [0.4, 0.5) is 0 Å². The number of rotatable bonds is 3. The van der Waals surface area contributed by atoms with Gasteiger partial charge in [-0.2, -0.15) is 0 Å². The van der Waals surface area contributed by atoms with Gasteiger partial charge in [-0.05, 0) is 46.3 Å². The van der Waals surface area contributed by atoms with Crippen LogP contribution in [0.25, 0.3) is 0 Å². The van der Waals surface area contributed by atoms with Crippen LogP contribution in [0.15, 0.2) is 38.6 Å². The number of hydrogen-bond acceptors (Lipinski definition) is 2. The molecule has 0 bridgehead atoms. The Labute approximate surface area is 120 Å². The van der Waals surface area contributed by atoms with Crippen LogP contribution in [0.2, 0.25) is 5.02 Å². The van der Waals surface area contributed by atoms with Crippen molar-refractivity contribution in [2.75, 3.05) is 0 Å². The van der Waals surface area contributed by atoms with Gasteiger partial charge < -0.3 is 4.74 Å². The molecule has 1 aromatic carbocycles. The molecule has 0 aliphatic heterocycles. The molecular weight excluding hydrogens is 375 g/mol. The molecular formula is C11H7Br2ClOS. The summed E-state index contributed by atoms with van der Waals surface area (Å²) in [6.45, 7) is 0.539. The Hall–Kier alpha value is -0.0300. The Bertz CT molecular complexity index is 498. The van der Waals surface area contributed by atoms with Crippen molar-refractivity contribution in [2.24, 2.45) is 0 Å². The van der Waals surface area contributed by atoms with Crippen LogP contribution in [0, 0.1) is 0 Å². The number of thiophene rings is 1. The molecule has 16 heavy (non-hydrogen) atoms. The fourth-order valence-electron chi connectivity index (χ4n) is 1.17. The van der Waals surface area contributed by atoms with E-state index >= 15 is 0 Å². The van der Waals surface area contributed by atoms with Gasteiger partial charge in [-0.1, -0.05) is 27.5 Å². The van der Waals surface area contributed by atoms with Gasteiger partial charge in [0, 0.05) is 9.35 Å². The second-order valence-electron chi connectivity index (χ2n) is 3.07. The summed E-state index contributed by atoms with van der Waals surface area (Å²) in [5.41, 5.74) is 0. The lowest BCUT2D eigenvalue weighted by molar-refractivity contribution is 0.310. The van der Waals surface area contributed by atoms with Crippen LogP contribution >= 0.6 is 54.8 Å². The van der Waals surface area contributed by atoms with Crippen LogP contribution in [0.5, 0.6) is 5.75 Å². The monoisotopic (exact) mass is 380 g/mol. The minimum atomic E-state index is 0.539. The van der Waals surface area contributed by atoms with E-state index in [0.29, 0.717) is 17.4 Å². The van der Waals surface area contributed by atoms with Crippen molar-refractivity contribution in [3.05, 3.63) is 48.5 Å². The average Bonchev–Trinajstić information content (AvgIpc) is 2.63. The number of hydrogen-bond donors (Lipinski definition) is 0. The molecule has 0 atom stereocenters. The van der Waals surface area contributed by atoms with Crippen molar-refractivity contribution >= 4 is 54.8 Å². The van der Waals surface area contributed by atoms with E-state index in [4.69, 9.17) is 16.3 Å². The highest BCUT2D eigenvalue weighted by molar-refractivity contribution is 9.11. The Balaban J connectivity index is 2.04. The van der Waals surface area contributed by atoms with Gasteiger partial charge in [0.15, 0.2) is 0 Å². The second kappa shape index (κ2) is 5.54. The molecule has 0 spiro atoms. The fourth-order valence-corrected chi connectivity index (χ4v) is 3.29. The second-order valence-corrected chi connectivity index (χ2v) is 6.94. The van der Waals surface area contributed by atoms with Crippen molar-refractivity contribution in [3.8, 4) is 5.75 Å². The van der Waals surface area contributed by atoms with E-state index in [1.807, 2.05) is 30.3 Å². The van der Waals surface area contributed by atoms with Crippen molar-refractivity contribution < 1.29 is 4.74 Å². The maximum absolute atomic E-state index is 6.04. The summed E-state index contributed by atoms with van der Waals surface area (Å²) < 4.78 is 7.68. The molecule has 0 unspecified atom stereocenters. The molecule has 1 aromatic heterocycles. The van der Waals surface area contributed by atoms with Crippen LogP contribution in [-0.2, 0) is 6.61 Å². The summed E-state index contributed by atoms with van der Waals surface area (Å²) in [6.07, 6.45) is 0. The van der Waals surface area contributed by atoms with Gasteiger partial charge in [-0.3, -0.25) is 0 Å². The van der Waals surface area contributed by atoms with Gasteiger partial charge in [0.05, 0.1) is 8.81 Å². The van der Waals surface area contributed by atoms with Crippen molar-refractivity contribution in [1.29, 1.82) is 0 Å². The maximum Gasteiger partial charge on any atom is 0.138 e. The largest absolute Gasteiger partial charge is 0.487 e. The first kappa shape index (κ1) is 12.4. The molecule has 0 radical (unpaired) electrons. The van der Waals surface area contributed by atoms with Crippen molar-refractivity contribution in [3.63, 3.8) is 0 Å². The molecule has 1 nitrogen and oxygen atoms in total. The smallest absolute Gasteiger partial charge is 0.138 e. The maximum atomic E-state index is 6.04. The summed E-state index contributed by atoms with van der Waals surface area (Å²) in [5, 5.41) is 0.616. The Morgan fingerprint density at radius 1 is 1.19 bits per heavy atom. The first-order valence-corrected chi connectivity index (χ1v) is 7.25. The van der Waals surface area contributed by atoms with Gasteiger partial charge in [-0.15, -0.1) is 11.3 Å². The van der Waals surface area contributed by atoms with Crippen LogP contribution in [0.1, 0.15) is 4.88 Å². The summed E-state index contributed by atoms with van der Waals surface area (Å²) in [7, 11) is 0. The third kappa shape index (κ3) is 3.23. The molecule has 2 rings (SSSR count). The molecule has 0 aliphatic carbocycles. The highest BCUT2D eigenvalue weighted by Crippen LogP contribution is 2.29. The summed E-state index contributed by atoms with van der Waals surface area (Å²) in [5.74, 6) is 0.703. The molecule has 0 amide bonds. The number of ether oxygens (including phenoxy) is 1. The first-order chi connectivity index (χ1) is 7.65. The van der Waals surface area contributed by atoms with E-state index in [-0.39, 0.29) is 0 Å². The third-order valence-corrected chi connectivity index (χ3v) is 4.28. The fraction of sp³-hybridized carbons (Fsp3) is 0.0909. The van der Waals surface area contributed by atoms with Gasteiger partial charge in [0.25, 0.3) is 0 Å². The third-order valence-electron chi connectivity index (χ3n) is 1.89. The Morgan fingerprint density at radius 3 is 2.62 bits per heavy atom. The standard InChI is InChI=1S/C11H7Br2ClOS/c12-7-1-3-10(9(14)5-7)15-6-8-2-4-11(13)16-8/h1-5H,6H2. The summed E-state index contributed by atoms with van der Waals surface area (Å²) in [6, 6.07) is 9.62. The molecule has 5 heteroatoms. The molecule has 0 saturated heterocycles. The van der Waals surface area contributed by atoms with Crippen molar-refractivity contribution in [1.82, 2.24) is 0 Å². The van der Waals surface area contributed by atoms with Crippen LogP contribution < -0.4 is 4.74 Å². The summed E-state index contributed by atoms with van der Waals surface area (Å²) >= 11 is 14.5. The zero-order valence-corrected chi connectivity index (χ0v) is 12.8. The van der Waals surface area contributed by atoms with Crippen LogP contribution in [0.3, 0.4) is 0 Å². The van der Waals surface area contributed by atoms with E-state index in [1.54, 1.807) is 11.3 Å². The Morgan fingerprint density at radius 2 is 2.00 bits per heavy atom. The van der Waals surface area contributed by atoms with Gasteiger partial charge >= 0.3 is 0 Å². The summed E-state index contributed by atoms with van der Waals surface area (Å²) in [4.78, 5) is 1.16. The van der Waals surface area contributed by atoms with Gasteiger partial charge in [-0.25, -0.2) is 0 Å². The highest BCUT2D eigenvalue weighted by Gasteiger charge is 2.03. The lowest BCUT2D eigenvalue weighted by atomic mass is 10.3. The molecule has 0 N–H and O–H groups in total. The van der Waals surface area contributed by atoms with E-state index in [0.717, 1.165) is 13.1 Å². The van der Waals surface area contributed by atoms with E-state index < -0.39 is 0 Å². The van der Waals surface area contributed by atoms with E-state index in [2.05, 4.69) is 31.9 Å². The number of halogens is 3. The molecule has 0 aliphatic rings. The molecule has 1 heterocycles. The molecule has 0 saturated carbocycles. The van der Waals surface area contributed by atoms with Gasteiger partial charge in [0.1, 0.15) is 12.4 Å². The van der Waals surface area contributed by atoms with E-state index in [9.17, 15) is 0 Å². The zero-order valence-electron chi connectivity index (χ0n) is 8.04. The lowest BCUT2D eigenvalue weighted by Crippen LogP contribution is -1.93. The molecule has 2 aromatic rings. The molecule has 0 fully saturated rings. The first-order valence-electron chi connectivity index (χ1n) is 4.47. The molecule has 84 valence electrons. The quantitative estimate of drug-likeness (QED) is 0.681. The Kier molecular flexibility index (Phi) is 4.30. The van der Waals surface area contributed by atoms with Gasteiger partial charge in [0.2, 0.25) is 0 Å². The minimum Gasteiger partial charge on any atom is -0.487 e. The highest BCUT2D eigenvalue weighted by atomic mass is 79.9. The lowest BCUT2D eigenvalue weighted by Gasteiger charge is -2.06. The SMILES string of the molecule is Clc1cc(Br)ccc1OCc1ccc(Br)s1. The van der Waals surface area contributed by atoms with E-state index in [1.165, 1.54) is 0 Å². The zero-order chi connectivity index (χ0) is 11.5. The predicted molar refractivity (Wildman–Crippen MR) is 75.5 cm³/mol. The average molecular weight is 383 g/mol. The predicted octanol–water partition coefficient (Wildman–Crippen LogP) is 5.51. The number of benzene rings is 1.